The predicted octanol–water partition coefficient (Wildman–Crippen LogP) is 5.83. The Morgan fingerprint density at radius 2 is 1.58 bits per heavy atom. The fraction of sp³-hybridized carbons (Fsp3) is 0.355. The number of amides is 1. The number of para-hydroxylation sites is 1. The first kappa shape index (κ1) is 28.6. The monoisotopic (exact) mass is 519 g/mol. The number of carbonyl (C=O) groups is 2. The van der Waals surface area contributed by atoms with Gasteiger partial charge in [-0.3, -0.25) is 4.79 Å². The third-order valence-electron chi connectivity index (χ3n) is 6.35. The Bertz CT molecular complexity index is 1190. The molecule has 38 heavy (non-hydrogen) atoms. The van der Waals surface area contributed by atoms with E-state index in [2.05, 4.69) is 6.92 Å². The van der Waals surface area contributed by atoms with Crippen molar-refractivity contribution in [2.24, 2.45) is 0 Å². The molecular weight excluding hydrogens is 482 g/mol. The van der Waals surface area contributed by atoms with E-state index < -0.39 is 0 Å². The summed E-state index contributed by atoms with van der Waals surface area (Å²) in [7, 11) is 4.59. The van der Waals surface area contributed by atoms with Gasteiger partial charge in [0, 0.05) is 30.6 Å². The number of rotatable bonds is 14. The largest absolute Gasteiger partial charge is 0.493 e. The summed E-state index contributed by atoms with van der Waals surface area (Å²) in [5, 5.41) is 0. The number of ether oxygens (including phenoxy) is 4. The van der Waals surface area contributed by atoms with E-state index in [0.29, 0.717) is 48.7 Å². The van der Waals surface area contributed by atoms with Gasteiger partial charge in [-0.2, -0.15) is 0 Å². The predicted molar refractivity (Wildman–Crippen MR) is 147 cm³/mol. The molecule has 3 rings (SSSR count). The minimum atomic E-state index is -0.387. The maximum absolute atomic E-state index is 13.2. The molecule has 0 aliphatic carbocycles. The van der Waals surface area contributed by atoms with E-state index >= 15 is 0 Å². The van der Waals surface area contributed by atoms with Crippen molar-refractivity contribution in [3.05, 3.63) is 89.0 Å². The Hall–Kier alpha value is -4.00. The number of hydrogen-bond donors (Lipinski definition) is 0. The van der Waals surface area contributed by atoms with E-state index in [4.69, 9.17) is 18.9 Å². The van der Waals surface area contributed by atoms with E-state index in [1.54, 1.807) is 26.4 Å². The standard InChI is InChI=1S/C31H37NO6/c1-5-6-20-32(21-24-11-9-13-28(35-2)30(24)36-3)29(33)19-16-23-14-17-26(18-15-23)38-22-25-10-7-8-12-27(25)31(34)37-4/h7-15,17-18H,5-6,16,19-22H2,1-4H3. The van der Waals surface area contributed by atoms with Crippen LogP contribution < -0.4 is 14.2 Å². The molecule has 7 heteroatoms. The zero-order chi connectivity index (χ0) is 27.3. The average molecular weight is 520 g/mol. The number of methoxy groups -OCH3 is 3. The van der Waals surface area contributed by atoms with E-state index in [9.17, 15) is 9.59 Å². The van der Waals surface area contributed by atoms with Gasteiger partial charge in [0.15, 0.2) is 11.5 Å². The van der Waals surface area contributed by atoms with E-state index in [0.717, 1.165) is 29.5 Å². The third kappa shape index (κ3) is 7.75. The lowest BCUT2D eigenvalue weighted by molar-refractivity contribution is -0.131. The summed E-state index contributed by atoms with van der Waals surface area (Å²) in [6, 6.07) is 20.7. The maximum atomic E-state index is 13.2. The van der Waals surface area contributed by atoms with E-state index in [-0.39, 0.29) is 18.5 Å². The lowest BCUT2D eigenvalue weighted by Crippen LogP contribution is -2.31. The number of benzene rings is 3. The molecule has 0 spiro atoms. The highest BCUT2D eigenvalue weighted by Gasteiger charge is 2.18. The van der Waals surface area contributed by atoms with Crippen LogP contribution in [0.25, 0.3) is 0 Å². The zero-order valence-electron chi connectivity index (χ0n) is 22.7. The van der Waals surface area contributed by atoms with Crippen molar-refractivity contribution < 1.29 is 28.5 Å². The zero-order valence-corrected chi connectivity index (χ0v) is 22.7. The molecule has 3 aromatic rings. The first-order chi connectivity index (χ1) is 18.5. The summed E-state index contributed by atoms with van der Waals surface area (Å²) in [6.45, 7) is 3.53. The Morgan fingerprint density at radius 3 is 2.26 bits per heavy atom. The molecule has 3 aromatic carbocycles. The smallest absolute Gasteiger partial charge is 0.338 e. The normalized spacial score (nSPS) is 10.5. The summed E-state index contributed by atoms with van der Waals surface area (Å²) in [4.78, 5) is 27.1. The average Bonchev–Trinajstić information content (AvgIpc) is 2.96. The number of aryl methyl sites for hydroxylation is 1. The summed E-state index contributed by atoms with van der Waals surface area (Å²) in [5.41, 5.74) is 3.22. The van der Waals surface area contributed by atoms with Gasteiger partial charge in [-0.25, -0.2) is 4.79 Å². The van der Waals surface area contributed by atoms with E-state index in [1.165, 1.54) is 7.11 Å². The van der Waals surface area contributed by atoms with Crippen LogP contribution in [0, 0.1) is 0 Å². The number of unbranched alkanes of at least 4 members (excludes halogenated alkanes) is 1. The Balaban J connectivity index is 1.59. The highest BCUT2D eigenvalue weighted by atomic mass is 16.5. The molecule has 0 unspecified atom stereocenters. The highest BCUT2D eigenvalue weighted by Crippen LogP contribution is 2.31. The minimum Gasteiger partial charge on any atom is -0.493 e. The SMILES string of the molecule is CCCCN(Cc1cccc(OC)c1OC)C(=O)CCc1ccc(OCc2ccccc2C(=O)OC)cc1. The van der Waals surface area contributed by atoms with Crippen molar-refractivity contribution >= 4 is 11.9 Å². The molecule has 0 aromatic heterocycles. The van der Waals surface area contributed by atoms with Crippen LogP contribution >= 0.6 is 0 Å². The summed E-state index contributed by atoms with van der Waals surface area (Å²) >= 11 is 0. The minimum absolute atomic E-state index is 0.100. The molecular formula is C31H37NO6. The van der Waals surface area contributed by atoms with Gasteiger partial charge >= 0.3 is 5.97 Å². The quantitative estimate of drug-likeness (QED) is 0.250. The maximum Gasteiger partial charge on any atom is 0.338 e. The van der Waals surface area contributed by atoms with Gasteiger partial charge in [0.2, 0.25) is 5.91 Å². The first-order valence-corrected chi connectivity index (χ1v) is 12.9. The Morgan fingerprint density at radius 1 is 0.842 bits per heavy atom. The van der Waals surface area contributed by atoms with Crippen molar-refractivity contribution in [3.63, 3.8) is 0 Å². The van der Waals surface area contributed by atoms with Crippen LogP contribution in [0.1, 0.15) is 53.2 Å². The van der Waals surface area contributed by atoms with Crippen molar-refractivity contribution in [2.45, 2.75) is 45.8 Å². The third-order valence-corrected chi connectivity index (χ3v) is 6.35. The molecule has 1 amide bonds. The van der Waals surface area contributed by atoms with Crippen LogP contribution in [-0.4, -0.2) is 44.7 Å². The van der Waals surface area contributed by atoms with Gasteiger partial charge in [0.25, 0.3) is 0 Å². The summed E-state index contributed by atoms with van der Waals surface area (Å²) < 4.78 is 21.7. The lowest BCUT2D eigenvalue weighted by atomic mass is 10.1. The van der Waals surface area contributed by atoms with Crippen LogP contribution in [0.15, 0.2) is 66.7 Å². The lowest BCUT2D eigenvalue weighted by Gasteiger charge is -2.24. The van der Waals surface area contributed by atoms with Crippen LogP contribution in [-0.2, 0) is 29.1 Å². The Kier molecular flexibility index (Phi) is 11.0. The number of carbonyl (C=O) groups excluding carboxylic acids is 2. The molecule has 0 bridgehead atoms. The van der Waals surface area contributed by atoms with Crippen LogP contribution in [0.3, 0.4) is 0 Å². The molecule has 7 nitrogen and oxygen atoms in total. The fourth-order valence-corrected chi connectivity index (χ4v) is 4.20. The molecule has 202 valence electrons. The van der Waals surface area contributed by atoms with Gasteiger partial charge < -0.3 is 23.8 Å². The van der Waals surface area contributed by atoms with Crippen molar-refractivity contribution in [3.8, 4) is 17.2 Å². The fourth-order valence-electron chi connectivity index (χ4n) is 4.20. The van der Waals surface area contributed by atoms with E-state index in [1.807, 2.05) is 59.5 Å². The van der Waals surface area contributed by atoms with Crippen molar-refractivity contribution in [1.82, 2.24) is 4.90 Å². The first-order valence-electron chi connectivity index (χ1n) is 12.9. The second-order valence-electron chi connectivity index (χ2n) is 8.90. The summed E-state index contributed by atoms with van der Waals surface area (Å²) in [5.74, 6) is 1.72. The molecule has 0 atom stereocenters. The van der Waals surface area contributed by atoms with Crippen LogP contribution in [0.5, 0.6) is 17.2 Å². The van der Waals surface area contributed by atoms with Gasteiger partial charge in [-0.1, -0.05) is 55.8 Å². The number of hydrogen-bond acceptors (Lipinski definition) is 6. The molecule has 0 aliphatic rings. The highest BCUT2D eigenvalue weighted by molar-refractivity contribution is 5.90. The van der Waals surface area contributed by atoms with Gasteiger partial charge in [-0.05, 0) is 42.7 Å². The van der Waals surface area contributed by atoms with Crippen LogP contribution in [0.4, 0.5) is 0 Å². The molecule has 0 saturated carbocycles. The Labute approximate surface area is 225 Å². The van der Waals surface area contributed by atoms with Gasteiger partial charge in [-0.15, -0.1) is 0 Å². The number of nitrogens with zero attached hydrogens (tertiary/aromatic N) is 1. The second-order valence-corrected chi connectivity index (χ2v) is 8.90. The van der Waals surface area contributed by atoms with Gasteiger partial charge in [0.05, 0.1) is 26.9 Å². The van der Waals surface area contributed by atoms with Gasteiger partial charge in [0.1, 0.15) is 12.4 Å². The molecule has 0 fully saturated rings. The molecule has 0 N–H and O–H groups in total. The van der Waals surface area contributed by atoms with Crippen molar-refractivity contribution in [2.75, 3.05) is 27.9 Å². The van der Waals surface area contributed by atoms with Crippen molar-refractivity contribution in [1.29, 1.82) is 0 Å². The topological polar surface area (TPSA) is 74.3 Å². The molecule has 0 saturated heterocycles. The molecule has 0 aliphatic heterocycles. The van der Waals surface area contributed by atoms with Crippen LogP contribution in [0.2, 0.25) is 0 Å². The second kappa shape index (κ2) is 14.7. The summed E-state index contributed by atoms with van der Waals surface area (Å²) in [6.07, 6.45) is 2.97. The molecule has 0 radical (unpaired) electrons. The number of esters is 1. The molecule has 0 heterocycles.